The second-order valence-electron chi connectivity index (χ2n) is 5.36. The van der Waals surface area contributed by atoms with E-state index in [1.807, 2.05) is 24.3 Å². The summed E-state index contributed by atoms with van der Waals surface area (Å²) in [5.41, 5.74) is 7.13. The van der Waals surface area contributed by atoms with Crippen LogP contribution in [0.25, 0.3) is 10.9 Å². The average molecular weight is 298 g/mol. The van der Waals surface area contributed by atoms with Crippen molar-refractivity contribution in [3.05, 3.63) is 42.1 Å². The normalized spacial score (nSPS) is 17.7. The van der Waals surface area contributed by atoms with E-state index in [0.29, 0.717) is 12.1 Å². The maximum absolute atomic E-state index is 12.3. The molecule has 1 aromatic heterocycles. The largest absolute Gasteiger partial charge is 0.343 e. The van der Waals surface area contributed by atoms with E-state index < -0.39 is 0 Å². The summed E-state index contributed by atoms with van der Waals surface area (Å²) in [6.07, 6.45) is 3.09. The zero-order chi connectivity index (χ0) is 15.5. The molecule has 0 radical (unpaired) electrons. The van der Waals surface area contributed by atoms with E-state index in [0.717, 1.165) is 23.7 Å². The lowest BCUT2D eigenvalue weighted by Crippen LogP contribution is -2.46. The maximum Gasteiger partial charge on any atom is 0.252 e. The number of benzene rings is 1. The Bertz CT molecular complexity index is 711. The fraction of sp³-hybridized carbons (Fsp3) is 0.312. The molecule has 1 fully saturated rings. The number of hydrogen-bond donors (Lipinski definition) is 2. The molecular weight excluding hydrogens is 280 g/mol. The number of nitrogens with two attached hydrogens (primary N) is 1. The Hall–Kier alpha value is -2.47. The van der Waals surface area contributed by atoms with Crippen molar-refractivity contribution in [3.63, 3.8) is 0 Å². The van der Waals surface area contributed by atoms with E-state index in [1.165, 1.54) is 0 Å². The molecule has 2 heterocycles. The number of para-hydroxylation sites is 1. The number of nitrogens with one attached hydrogen (secondary N) is 1. The van der Waals surface area contributed by atoms with Crippen molar-refractivity contribution < 1.29 is 9.59 Å². The standard InChI is InChI=1S/C16H18N4O2/c17-14-6-3-9-20(14)15(21)10-19-16(22)12-7-8-18-13-5-2-1-4-11(12)13/h1-2,4-5,7-8,14H,3,6,9-10,17H2,(H,19,22)/t14-/m0/s1. The summed E-state index contributed by atoms with van der Waals surface area (Å²) in [5, 5.41) is 3.45. The van der Waals surface area contributed by atoms with Crippen LogP contribution in [0.5, 0.6) is 0 Å². The number of amides is 2. The molecule has 2 aromatic rings. The van der Waals surface area contributed by atoms with Gasteiger partial charge in [0, 0.05) is 18.1 Å². The summed E-state index contributed by atoms with van der Waals surface area (Å²) < 4.78 is 0. The van der Waals surface area contributed by atoms with Crippen molar-refractivity contribution in [2.45, 2.75) is 19.0 Å². The highest BCUT2D eigenvalue weighted by atomic mass is 16.2. The number of carbonyl (C=O) groups is 2. The first-order valence-corrected chi connectivity index (χ1v) is 7.34. The SMILES string of the molecule is N[C@@H]1CCCN1C(=O)CNC(=O)c1ccnc2ccccc12. The summed E-state index contributed by atoms with van der Waals surface area (Å²) in [6.45, 7) is 0.622. The molecule has 1 aliphatic heterocycles. The number of fused-ring (bicyclic) bond motifs is 1. The maximum atomic E-state index is 12.3. The van der Waals surface area contributed by atoms with Gasteiger partial charge in [0.05, 0.1) is 23.8 Å². The van der Waals surface area contributed by atoms with Crippen molar-refractivity contribution in [3.8, 4) is 0 Å². The fourth-order valence-corrected chi connectivity index (χ4v) is 2.75. The second-order valence-corrected chi connectivity index (χ2v) is 5.36. The number of aromatic nitrogens is 1. The number of likely N-dealkylation sites (tertiary alicyclic amines) is 1. The molecule has 0 bridgehead atoms. The van der Waals surface area contributed by atoms with Crippen LogP contribution in [0.4, 0.5) is 0 Å². The molecule has 22 heavy (non-hydrogen) atoms. The summed E-state index contributed by atoms with van der Waals surface area (Å²) >= 11 is 0. The van der Waals surface area contributed by atoms with Crippen molar-refractivity contribution >= 4 is 22.7 Å². The van der Waals surface area contributed by atoms with Crippen LogP contribution in [0, 0.1) is 0 Å². The molecule has 0 spiro atoms. The van der Waals surface area contributed by atoms with Crippen LogP contribution in [0.3, 0.4) is 0 Å². The van der Waals surface area contributed by atoms with Crippen LogP contribution in [0.1, 0.15) is 23.2 Å². The molecule has 0 unspecified atom stereocenters. The van der Waals surface area contributed by atoms with Gasteiger partial charge < -0.3 is 16.0 Å². The van der Waals surface area contributed by atoms with Gasteiger partial charge in [0.25, 0.3) is 5.91 Å². The first kappa shape index (κ1) is 14.5. The summed E-state index contributed by atoms with van der Waals surface area (Å²) in [6, 6.07) is 9.07. The van der Waals surface area contributed by atoms with Crippen LogP contribution in [0.15, 0.2) is 36.5 Å². The lowest BCUT2D eigenvalue weighted by molar-refractivity contribution is -0.130. The smallest absolute Gasteiger partial charge is 0.252 e. The monoisotopic (exact) mass is 298 g/mol. The molecule has 2 amide bonds. The van der Waals surface area contributed by atoms with Gasteiger partial charge in [0.1, 0.15) is 0 Å². The van der Waals surface area contributed by atoms with Crippen LogP contribution in [-0.4, -0.2) is 41.0 Å². The molecular formula is C16H18N4O2. The van der Waals surface area contributed by atoms with Crippen molar-refractivity contribution in [1.29, 1.82) is 0 Å². The third kappa shape index (κ3) is 2.78. The Morgan fingerprint density at radius 1 is 1.32 bits per heavy atom. The van der Waals surface area contributed by atoms with E-state index in [2.05, 4.69) is 10.3 Å². The topological polar surface area (TPSA) is 88.3 Å². The van der Waals surface area contributed by atoms with Gasteiger partial charge in [-0.3, -0.25) is 14.6 Å². The molecule has 1 saturated heterocycles. The number of carbonyl (C=O) groups excluding carboxylic acids is 2. The van der Waals surface area contributed by atoms with E-state index >= 15 is 0 Å². The van der Waals surface area contributed by atoms with Crippen LogP contribution in [-0.2, 0) is 4.79 Å². The molecule has 6 nitrogen and oxygen atoms in total. The minimum atomic E-state index is -0.278. The molecule has 3 N–H and O–H groups in total. The van der Waals surface area contributed by atoms with Gasteiger partial charge in [0.2, 0.25) is 5.91 Å². The third-order valence-electron chi connectivity index (χ3n) is 3.91. The predicted octanol–water partition coefficient (Wildman–Crippen LogP) is 0.872. The average Bonchev–Trinajstić information content (AvgIpc) is 2.98. The Morgan fingerprint density at radius 2 is 2.14 bits per heavy atom. The van der Waals surface area contributed by atoms with Gasteiger partial charge in [-0.15, -0.1) is 0 Å². The lowest BCUT2D eigenvalue weighted by Gasteiger charge is -2.21. The zero-order valence-corrected chi connectivity index (χ0v) is 12.2. The van der Waals surface area contributed by atoms with Crippen molar-refractivity contribution in [2.75, 3.05) is 13.1 Å². The van der Waals surface area contributed by atoms with E-state index in [4.69, 9.17) is 5.73 Å². The summed E-state index contributed by atoms with van der Waals surface area (Å²) in [7, 11) is 0. The number of hydrogen-bond acceptors (Lipinski definition) is 4. The molecule has 0 saturated carbocycles. The molecule has 1 atom stereocenters. The van der Waals surface area contributed by atoms with Gasteiger partial charge in [-0.1, -0.05) is 18.2 Å². The van der Waals surface area contributed by atoms with Crippen molar-refractivity contribution in [2.24, 2.45) is 5.73 Å². The highest BCUT2D eigenvalue weighted by Crippen LogP contribution is 2.16. The molecule has 0 aliphatic carbocycles. The molecule has 1 aromatic carbocycles. The Labute approximate surface area is 128 Å². The number of rotatable bonds is 3. The Kier molecular flexibility index (Phi) is 4.02. The highest BCUT2D eigenvalue weighted by molar-refractivity contribution is 6.06. The molecule has 114 valence electrons. The number of nitrogens with zero attached hydrogens (tertiary/aromatic N) is 2. The van der Waals surface area contributed by atoms with Crippen LogP contribution < -0.4 is 11.1 Å². The molecule has 3 rings (SSSR count). The van der Waals surface area contributed by atoms with Gasteiger partial charge in [-0.2, -0.15) is 0 Å². The van der Waals surface area contributed by atoms with E-state index in [9.17, 15) is 9.59 Å². The van der Waals surface area contributed by atoms with Crippen molar-refractivity contribution in [1.82, 2.24) is 15.2 Å². The first-order valence-electron chi connectivity index (χ1n) is 7.34. The summed E-state index contributed by atoms with van der Waals surface area (Å²) in [5.74, 6) is -0.420. The number of pyridine rings is 1. The molecule has 6 heteroatoms. The highest BCUT2D eigenvalue weighted by Gasteiger charge is 2.25. The van der Waals surface area contributed by atoms with E-state index in [-0.39, 0.29) is 24.5 Å². The zero-order valence-electron chi connectivity index (χ0n) is 12.2. The third-order valence-corrected chi connectivity index (χ3v) is 3.91. The minimum Gasteiger partial charge on any atom is -0.343 e. The van der Waals surface area contributed by atoms with Gasteiger partial charge in [-0.05, 0) is 25.0 Å². The van der Waals surface area contributed by atoms with Crippen LogP contribution in [0.2, 0.25) is 0 Å². The van der Waals surface area contributed by atoms with Gasteiger partial charge in [-0.25, -0.2) is 0 Å². The molecule has 1 aliphatic rings. The fourth-order valence-electron chi connectivity index (χ4n) is 2.75. The van der Waals surface area contributed by atoms with Crippen LogP contribution >= 0.6 is 0 Å². The second kappa shape index (κ2) is 6.11. The predicted molar refractivity (Wildman–Crippen MR) is 83.0 cm³/mol. The summed E-state index contributed by atoms with van der Waals surface area (Å²) in [4.78, 5) is 30.2. The van der Waals surface area contributed by atoms with Gasteiger partial charge in [0.15, 0.2) is 0 Å². The quantitative estimate of drug-likeness (QED) is 0.880. The van der Waals surface area contributed by atoms with Gasteiger partial charge >= 0.3 is 0 Å². The van der Waals surface area contributed by atoms with E-state index in [1.54, 1.807) is 17.2 Å². The first-order chi connectivity index (χ1) is 10.7. The minimum absolute atomic E-state index is 0.0385. The Balaban J connectivity index is 1.70. The lowest BCUT2D eigenvalue weighted by atomic mass is 10.1. The Morgan fingerprint density at radius 3 is 2.91 bits per heavy atom.